The van der Waals surface area contributed by atoms with E-state index in [2.05, 4.69) is 4.72 Å². The van der Waals surface area contributed by atoms with E-state index in [0.717, 1.165) is 0 Å². The summed E-state index contributed by atoms with van der Waals surface area (Å²) in [5, 5.41) is 0.861. The number of sulfonamides is 1. The summed E-state index contributed by atoms with van der Waals surface area (Å²) in [6.07, 6.45) is 0. The lowest BCUT2D eigenvalue weighted by Crippen LogP contribution is -2.15. The van der Waals surface area contributed by atoms with E-state index in [1.807, 2.05) is 0 Å². The van der Waals surface area contributed by atoms with Gasteiger partial charge in [-0.1, -0.05) is 23.2 Å². The smallest absolute Gasteiger partial charge is 0.262 e. The van der Waals surface area contributed by atoms with Crippen molar-refractivity contribution in [2.24, 2.45) is 5.73 Å². The van der Waals surface area contributed by atoms with Crippen LogP contribution in [0.5, 0.6) is 0 Å². The first-order valence-electron chi connectivity index (χ1n) is 6.11. The highest BCUT2D eigenvalue weighted by Gasteiger charge is 2.19. The molecule has 0 unspecified atom stereocenters. The average molecular weight is 345 g/mol. The minimum absolute atomic E-state index is 0.116. The van der Waals surface area contributed by atoms with E-state index >= 15 is 0 Å². The minimum Gasteiger partial charge on any atom is -0.326 e. The third-order valence-corrected chi connectivity index (χ3v) is 5.02. The Labute approximate surface area is 133 Å². The minimum atomic E-state index is -3.75. The number of nitrogens with two attached hydrogens (primary N) is 1. The van der Waals surface area contributed by atoms with Gasteiger partial charge in [0, 0.05) is 22.3 Å². The van der Waals surface area contributed by atoms with Gasteiger partial charge in [-0.05, 0) is 54.4 Å². The predicted molar refractivity (Wildman–Crippen MR) is 86.3 cm³/mol. The fraction of sp³-hybridized carbons (Fsp3) is 0.143. The molecule has 112 valence electrons. The molecule has 0 radical (unpaired) electrons. The van der Waals surface area contributed by atoms with Gasteiger partial charge in [0.05, 0.1) is 4.90 Å². The van der Waals surface area contributed by atoms with Crippen molar-refractivity contribution < 1.29 is 8.42 Å². The SMILES string of the molecule is Cc1c(CN)cc(Cl)cc1S(=O)(=O)Nc1ccc(Cl)cc1. The molecule has 3 N–H and O–H groups in total. The first-order valence-corrected chi connectivity index (χ1v) is 8.35. The largest absolute Gasteiger partial charge is 0.326 e. The number of nitrogens with one attached hydrogen (secondary N) is 1. The van der Waals surface area contributed by atoms with Gasteiger partial charge in [0.2, 0.25) is 0 Å². The van der Waals surface area contributed by atoms with E-state index in [0.29, 0.717) is 26.9 Å². The molecule has 7 heteroatoms. The Morgan fingerprint density at radius 1 is 1.10 bits per heavy atom. The summed E-state index contributed by atoms with van der Waals surface area (Å²) < 4.78 is 27.5. The Bertz CT molecular complexity index is 759. The molecule has 0 fully saturated rings. The lowest BCUT2D eigenvalue weighted by Gasteiger charge is -2.13. The normalized spacial score (nSPS) is 11.4. The summed E-state index contributed by atoms with van der Waals surface area (Å²) in [4.78, 5) is 0.116. The van der Waals surface area contributed by atoms with Crippen molar-refractivity contribution in [3.05, 3.63) is 57.6 Å². The summed E-state index contributed by atoms with van der Waals surface area (Å²) in [5.74, 6) is 0. The number of anilines is 1. The van der Waals surface area contributed by atoms with E-state index in [1.165, 1.54) is 6.07 Å². The quantitative estimate of drug-likeness (QED) is 0.890. The number of rotatable bonds is 4. The van der Waals surface area contributed by atoms with Crippen LogP contribution >= 0.6 is 23.2 Å². The molecule has 2 aromatic carbocycles. The number of halogens is 2. The van der Waals surface area contributed by atoms with Crippen LogP contribution in [-0.2, 0) is 16.6 Å². The monoisotopic (exact) mass is 344 g/mol. The van der Waals surface area contributed by atoms with E-state index in [9.17, 15) is 8.42 Å². The highest BCUT2D eigenvalue weighted by atomic mass is 35.5. The van der Waals surface area contributed by atoms with Crippen LogP contribution in [0.3, 0.4) is 0 Å². The van der Waals surface area contributed by atoms with E-state index in [-0.39, 0.29) is 11.4 Å². The maximum absolute atomic E-state index is 12.5. The van der Waals surface area contributed by atoms with E-state index < -0.39 is 10.0 Å². The van der Waals surface area contributed by atoms with Crippen LogP contribution in [0.25, 0.3) is 0 Å². The molecule has 0 aliphatic rings. The number of benzene rings is 2. The third-order valence-electron chi connectivity index (χ3n) is 3.04. The molecule has 0 amide bonds. The molecule has 0 atom stereocenters. The standard InChI is InChI=1S/C14H14Cl2N2O2S/c1-9-10(8-17)6-12(16)7-14(9)21(19,20)18-13-4-2-11(15)3-5-13/h2-7,18H,8,17H2,1H3. The van der Waals surface area contributed by atoms with Crippen LogP contribution in [0.1, 0.15) is 11.1 Å². The van der Waals surface area contributed by atoms with Crippen molar-refractivity contribution in [3.63, 3.8) is 0 Å². The van der Waals surface area contributed by atoms with E-state index in [1.54, 1.807) is 37.3 Å². The number of hydrogen-bond acceptors (Lipinski definition) is 3. The van der Waals surface area contributed by atoms with Crippen molar-refractivity contribution in [1.29, 1.82) is 0 Å². The molecular weight excluding hydrogens is 331 g/mol. The average Bonchev–Trinajstić information content (AvgIpc) is 2.43. The first kappa shape index (κ1) is 16.1. The zero-order chi connectivity index (χ0) is 15.6. The third kappa shape index (κ3) is 3.68. The van der Waals surface area contributed by atoms with Crippen LogP contribution in [0.4, 0.5) is 5.69 Å². The molecule has 0 bridgehead atoms. The first-order chi connectivity index (χ1) is 9.83. The van der Waals surface area contributed by atoms with Crippen LogP contribution in [0, 0.1) is 6.92 Å². The van der Waals surface area contributed by atoms with Gasteiger partial charge < -0.3 is 5.73 Å². The Morgan fingerprint density at radius 3 is 2.29 bits per heavy atom. The molecule has 0 heterocycles. The molecule has 0 saturated carbocycles. The van der Waals surface area contributed by atoms with E-state index in [4.69, 9.17) is 28.9 Å². The van der Waals surface area contributed by atoms with Crippen LogP contribution in [0.2, 0.25) is 10.0 Å². The lowest BCUT2D eigenvalue weighted by atomic mass is 10.1. The van der Waals surface area contributed by atoms with Crippen molar-refractivity contribution in [1.82, 2.24) is 0 Å². The van der Waals surface area contributed by atoms with Crippen LogP contribution < -0.4 is 10.5 Å². The van der Waals surface area contributed by atoms with Crippen molar-refractivity contribution >= 4 is 38.9 Å². The lowest BCUT2D eigenvalue weighted by molar-refractivity contribution is 0.600. The Hall–Kier alpha value is -1.27. The highest BCUT2D eigenvalue weighted by Crippen LogP contribution is 2.26. The fourth-order valence-electron chi connectivity index (χ4n) is 1.93. The summed E-state index contributed by atoms with van der Waals surface area (Å²) >= 11 is 11.7. The van der Waals surface area contributed by atoms with Crippen LogP contribution in [-0.4, -0.2) is 8.42 Å². The molecule has 4 nitrogen and oxygen atoms in total. The second-order valence-corrected chi connectivity index (χ2v) is 7.03. The predicted octanol–water partition coefficient (Wildman–Crippen LogP) is 3.56. The molecule has 0 saturated heterocycles. The van der Waals surface area contributed by atoms with Gasteiger partial charge >= 0.3 is 0 Å². The maximum Gasteiger partial charge on any atom is 0.262 e. The zero-order valence-electron chi connectivity index (χ0n) is 11.2. The molecular formula is C14H14Cl2N2O2S. The molecule has 21 heavy (non-hydrogen) atoms. The Morgan fingerprint density at radius 2 is 1.71 bits per heavy atom. The van der Waals surface area contributed by atoms with Gasteiger partial charge in [-0.2, -0.15) is 0 Å². The van der Waals surface area contributed by atoms with Gasteiger partial charge in [-0.25, -0.2) is 8.42 Å². The molecule has 0 aliphatic carbocycles. The van der Waals surface area contributed by atoms with Gasteiger partial charge in [-0.3, -0.25) is 4.72 Å². The van der Waals surface area contributed by atoms with Crippen LogP contribution in [0.15, 0.2) is 41.3 Å². The van der Waals surface area contributed by atoms with Gasteiger partial charge in [0.15, 0.2) is 0 Å². The highest BCUT2D eigenvalue weighted by molar-refractivity contribution is 7.92. The fourth-order valence-corrected chi connectivity index (χ4v) is 3.73. The number of hydrogen-bond donors (Lipinski definition) is 2. The maximum atomic E-state index is 12.5. The summed E-state index contributed by atoms with van der Waals surface area (Å²) in [6, 6.07) is 9.46. The van der Waals surface area contributed by atoms with Crippen molar-refractivity contribution in [3.8, 4) is 0 Å². The molecule has 0 spiro atoms. The zero-order valence-corrected chi connectivity index (χ0v) is 13.6. The van der Waals surface area contributed by atoms with Gasteiger partial charge in [-0.15, -0.1) is 0 Å². The Balaban J connectivity index is 2.44. The molecule has 2 rings (SSSR count). The molecule has 0 aromatic heterocycles. The van der Waals surface area contributed by atoms with Gasteiger partial charge in [0.25, 0.3) is 10.0 Å². The second kappa shape index (κ2) is 6.23. The Kier molecular flexibility index (Phi) is 4.78. The second-order valence-electron chi connectivity index (χ2n) is 4.50. The van der Waals surface area contributed by atoms with Crippen molar-refractivity contribution in [2.45, 2.75) is 18.4 Å². The molecule has 0 aliphatic heterocycles. The topological polar surface area (TPSA) is 72.2 Å². The summed E-state index contributed by atoms with van der Waals surface area (Å²) in [7, 11) is -3.75. The van der Waals surface area contributed by atoms with Gasteiger partial charge in [0.1, 0.15) is 0 Å². The summed E-state index contributed by atoms with van der Waals surface area (Å²) in [6.45, 7) is 1.92. The summed E-state index contributed by atoms with van der Waals surface area (Å²) in [5.41, 5.74) is 7.32. The molecule has 2 aromatic rings. The van der Waals surface area contributed by atoms with Crippen molar-refractivity contribution in [2.75, 3.05) is 4.72 Å².